The minimum atomic E-state index is -1.28. The third kappa shape index (κ3) is 5.24. The zero-order valence-corrected chi connectivity index (χ0v) is 20.5. The summed E-state index contributed by atoms with van der Waals surface area (Å²) in [7, 11) is 1.61. The molecule has 0 aliphatic carbocycles. The maximum Gasteiger partial charge on any atom is 0.324 e. The summed E-state index contributed by atoms with van der Waals surface area (Å²) in [5.41, 5.74) is 9.35. The van der Waals surface area contributed by atoms with Gasteiger partial charge in [0.25, 0.3) is 0 Å². The second kappa shape index (κ2) is 10.8. The van der Waals surface area contributed by atoms with E-state index in [1.165, 1.54) is 0 Å². The van der Waals surface area contributed by atoms with Crippen molar-refractivity contribution >= 4 is 17.6 Å². The van der Waals surface area contributed by atoms with E-state index in [1.807, 2.05) is 104 Å². The average Bonchev–Trinajstić information content (AvgIpc) is 2.89. The third-order valence-corrected chi connectivity index (χ3v) is 6.39. The molecule has 4 aromatic rings. The number of halogens is 1. The van der Waals surface area contributed by atoms with Crippen molar-refractivity contribution < 1.29 is 14.3 Å². The lowest BCUT2D eigenvalue weighted by Crippen LogP contribution is -2.43. The zero-order chi connectivity index (χ0) is 24.8. The molecule has 4 rings (SSSR count). The Bertz CT molecular complexity index is 1270. The summed E-state index contributed by atoms with van der Waals surface area (Å²) in [5, 5.41) is 0.494. The molecule has 2 atom stereocenters. The van der Waals surface area contributed by atoms with E-state index in [2.05, 4.69) is 0 Å². The molecule has 5 heteroatoms. The molecule has 4 nitrogen and oxygen atoms in total. The van der Waals surface area contributed by atoms with E-state index in [0.717, 1.165) is 28.0 Å². The Labute approximate surface area is 211 Å². The Kier molecular flexibility index (Phi) is 7.54. The van der Waals surface area contributed by atoms with Crippen LogP contribution in [0.4, 0.5) is 0 Å². The molecule has 0 aromatic heterocycles. The van der Waals surface area contributed by atoms with E-state index in [-0.39, 0.29) is 0 Å². The van der Waals surface area contributed by atoms with Gasteiger partial charge >= 0.3 is 5.97 Å². The fraction of sp³-hybridized carbons (Fsp3) is 0.167. The first kappa shape index (κ1) is 24.5. The molecular formula is C30H28ClNO3. The highest BCUT2D eigenvalue weighted by atomic mass is 35.5. The van der Waals surface area contributed by atoms with Gasteiger partial charge < -0.3 is 15.2 Å². The highest BCUT2D eigenvalue weighted by molar-refractivity contribution is 6.31. The van der Waals surface area contributed by atoms with Crippen LogP contribution in [0.5, 0.6) is 5.75 Å². The molecule has 0 fully saturated rings. The minimum Gasteiger partial charge on any atom is -0.497 e. The van der Waals surface area contributed by atoms with Crippen LogP contribution in [-0.2, 0) is 21.6 Å². The fourth-order valence-electron chi connectivity index (χ4n) is 4.18. The Balaban J connectivity index is 1.79. The lowest BCUT2D eigenvalue weighted by atomic mass is 9.79. The monoisotopic (exact) mass is 485 g/mol. The van der Waals surface area contributed by atoms with Crippen LogP contribution in [-0.4, -0.2) is 19.1 Å². The van der Waals surface area contributed by atoms with Gasteiger partial charge in [-0.15, -0.1) is 0 Å². The van der Waals surface area contributed by atoms with E-state index in [1.54, 1.807) is 13.2 Å². The van der Waals surface area contributed by atoms with Crippen molar-refractivity contribution in [2.75, 3.05) is 7.11 Å². The molecule has 1 unspecified atom stereocenters. The normalized spacial score (nSPS) is 13.5. The summed E-state index contributed by atoms with van der Waals surface area (Å²) in [6.07, 6.45) is 0.324. The van der Waals surface area contributed by atoms with Gasteiger partial charge in [0.05, 0.1) is 7.11 Å². The Hall–Kier alpha value is -3.60. The highest BCUT2D eigenvalue weighted by Gasteiger charge is 2.43. The van der Waals surface area contributed by atoms with Gasteiger partial charge in [-0.3, -0.25) is 4.79 Å². The topological polar surface area (TPSA) is 61.5 Å². The van der Waals surface area contributed by atoms with E-state index < -0.39 is 17.6 Å². The summed E-state index contributed by atoms with van der Waals surface area (Å²) in [4.78, 5) is 13.6. The number of hydrogen-bond acceptors (Lipinski definition) is 4. The van der Waals surface area contributed by atoms with Crippen molar-refractivity contribution in [2.45, 2.75) is 25.0 Å². The van der Waals surface area contributed by atoms with Crippen molar-refractivity contribution in [2.24, 2.45) is 5.73 Å². The van der Waals surface area contributed by atoms with E-state index in [9.17, 15) is 4.79 Å². The van der Waals surface area contributed by atoms with Gasteiger partial charge in [-0.05, 0) is 37.1 Å². The van der Waals surface area contributed by atoms with Crippen molar-refractivity contribution in [3.63, 3.8) is 0 Å². The third-order valence-electron chi connectivity index (χ3n) is 6.06. The molecular weight excluding hydrogens is 458 g/mol. The van der Waals surface area contributed by atoms with Crippen LogP contribution >= 0.6 is 11.6 Å². The molecule has 0 aliphatic rings. The van der Waals surface area contributed by atoms with Crippen molar-refractivity contribution in [1.82, 2.24) is 0 Å². The van der Waals surface area contributed by atoms with Gasteiger partial charge in [0.15, 0.2) is 5.60 Å². The second-order valence-electron chi connectivity index (χ2n) is 8.47. The van der Waals surface area contributed by atoms with Crippen LogP contribution in [0, 0.1) is 6.92 Å². The number of nitrogens with two attached hydrogens (primary N) is 1. The van der Waals surface area contributed by atoms with Gasteiger partial charge in [-0.25, -0.2) is 0 Å². The van der Waals surface area contributed by atoms with Crippen molar-refractivity contribution in [3.05, 3.63) is 136 Å². The number of aryl methyl sites for hydroxylation is 1. The summed E-state index contributed by atoms with van der Waals surface area (Å²) in [5.74, 6) is 0.219. The van der Waals surface area contributed by atoms with Crippen LogP contribution in [0.1, 0.15) is 27.8 Å². The first-order valence-electron chi connectivity index (χ1n) is 11.4. The molecule has 2 N–H and O–H groups in total. The smallest absolute Gasteiger partial charge is 0.324 e. The molecule has 0 spiro atoms. The van der Waals surface area contributed by atoms with Crippen LogP contribution in [0.15, 0.2) is 103 Å². The maximum absolute atomic E-state index is 13.6. The molecule has 0 radical (unpaired) electrons. The molecule has 178 valence electrons. The van der Waals surface area contributed by atoms with Crippen LogP contribution in [0.3, 0.4) is 0 Å². The Morgan fingerprint density at radius 3 is 2.09 bits per heavy atom. The number of methoxy groups -OCH3 is 1. The van der Waals surface area contributed by atoms with Crippen LogP contribution in [0.2, 0.25) is 5.02 Å². The quantitative estimate of drug-likeness (QED) is 0.243. The predicted octanol–water partition coefficient (Wildman–Crippen LogP) is 6.06. The fourth-order valence-corrected chi connectivity index (χ4v) is 4.45. The molecule has 0 aliphatic heterocycles. The highest BCUT2D eigenvalue weighted by Crippen LogP contribution is 2.43. The van der Waals surface area contributed by atoms with Gasteiger partial charge in [0.2, 0.25) is 0 Å². The predicted molar refractivity (Wildman–Crippen MR) is 140 cm³/mol. The van der Waals surface area contributed by atoms with Crippen molar-refractivity contribution in [1.29, 1.82) is 0 Å². The number of carbonyl (C=O) groups excluding carboxylic acids is 1. The molecule has 0 saturated heterocycles. The van der Waals surface area contributed by atoms with Gasteiger partial charge in [0, 0.05) is 21.7 Å². The van der Waals surface area contributed by atoms with Crippen LogP contribution < -0.4 is 10.5 Å². The number of benzene rings is 4. The standard InChI is InChI=1S/C30H28ClNO3/c1-21-12-16-24(17-13-21)30(23-8-4-3-5-9-23,26-10-6-7-11-27(26)31)35-29(33)28(32)20-22-14-18-25(34-2)19-15-22/h3-19,28H,20,32H2,1-2H3/t28-,30?/m0/s1. The second-order valence-corrected chi connectivity index (χ2v) is 8.88. The number of carbonyl (C=O) groups is 1. The molecule has 0 heterocycles. The number of rotatable bonds is 8. The largest absolute Gasteiger partial charge is 0.497 e. The molecule has 35 heavy (non-hydrogen) atoms. The molecule has 0 bridgehead atoms. The number of hydrogen-bond donors (Lipinski definition) is 1. The van der Waals surface area contributed by atoms with E-state index in [4.69, 9.17) is 26.8 Å². The zero-order valence-electron chi connectivity index (χ0n) is 19.8. The minimum absolute atomic E-state index is 0.324. The van der Waals surface area contributed by atoms with Gasteiger partial charge in [-0.1, -0.05) is 102 Å². The summed E-state index contributed by atoms with van der Waals surface area (Å²) < 4.78 is 11.6. The SMILES string of the molecule is COc1ccc(C[C@H](N)C(=O)OC(c2ccccc2)(c2ccc(C)cc2)c2ccccc2Cl)cc1. The summed E-state index contributed by atoms with van der Waals surface area (Å²) in [6, 6.07) is 31.6. The average molecular weight is 486 g/mol. The lowest BCUT2D eigenvalue weighted by molar-refractivity contribution is -0.155. The number of ether oxygens (including phenoxy) is 2. The first-order chi connectivity index (χ1) is 16.9. The van der Waals surface area contributed by atoms with Gasteiger partial charge in [-0.2, -0.15) is 0 Å². The van der Waals surface area contributed by atoms with Crippen LogP contribution in [0.25, 0.3) is 0 Å². The Morgan fingerprint density at radius 1 is 0.857 bits per heavy atom. The van der Waals surface area contributed by atoms with Gasteiger partial charge in [0.1, 0.15) is 11.8 Å². The molecule has 0 saturated carbocycles. The maximum atomic E-state index is 13.6. The molecule has 0 amide bonds. The van der Waals surface area contributed by atoms with E-state index in [0.29, 0.717) is 17.0 Å². The molecule has 4 aromatic carbocycles. The van der Waals surface area contributed by atoms with E-state index >= 15 is 0 Å². The summed E-state index contributed by atoms with van der Waals surface area (Å²) >= 11 is 6.73. The first-order valence-corrected chi connectivity index (χ1v) is 11.8. The lowest BCUT2D eigenvalue weighted by Gasteiger charge is -2.36. The number of esters is 1. The summed E-state index contributed by atoms with van der Waals surface area (Å²) in [6.45, 7) is 2.01. The van der Waals surface area contributed by atoms with Crippen molar-refractivity contribution in [3.8, 4) is 5.75 Å². The Morgan fingerprint density at radius 2 is 1.46 bits per heavy atom.